The topological polar surface area (TPSA) is 190 Å². The predicted octanol–water partition coefficient (Wildman–Crippen LogP) is 1.38. The first kappa shape index (κ1) is 34.8. The molecule has 45 heavy (non-hydrogen) atoms. The van der Waals surface area contributed by atoms with Crippen molar-refractivity contribution < 1.29 is 85.1 Å². The maximum Gasteiger partial charge on any atom is 1.00 e. The van der Waals surface area contributed by atoms with Crippen LogP contribution in [0.15, 0.2) is 133 Å². The van der Waals surface area contributed by atoms with Crippen LogP contribution in [0.3, 0.4) is 0 Å². The minimum Gasteiger partial charge on any atom is -0.744 e. The van der Waals surface area contributed by atoms with Crippen molar-refractivity contribution in [3.05, 3.63) is 103 Å². The smallest absolute Gasteiger partial charge is 0.744 e. The molecule has 0 aliphatic carbocycles. The van der Waals surface area contributed by atoms with Gasteiger partial charge in [-0.1, -0.05) is 54.6 Å². The Hall–Kier alpha value is -3.08. The van der Waals surface area contributed by atoms with Crippen LogP contribution in [-0.4, -0.2) is 25.9 Å². The van der Waals surface area contributed by atoms with Crippen LogP contribution in [-0.2, 0) is 20.2 Å². The minimum absolute atomic E-state index is 0. The molecule has 15 heteroatoms. The average Bonchev–Trinajstić information content (AvgIpc) is 2.98. The number of rotatable bonds is 6. The molecule has 6 aromatic carbocycles. The van der Waals surface area contributed by atoms with Crippen molar-refractivity contribution in [3.8, 4) is 0 Å². The zero-order chi connectivity index (χ0) is 30.4. The van der Waals surface area contributed by atoms with E-state index >= 15 is 0 Å². The number of anilines is 1. The summed E-state index contributed by atoms with van der Waals surface area (Å²) in [5.41, 5.74) is 8.11. The normalized spacial score (nSPS) is 12.1. The van der Waals surface area contributed by atoms with Gasteiger partial charge in [0, 0.05) is 38.0 Å². The molecule has 0 unspecified atom stereocenters. The minimum atomic E-state index is -4.80. The Morgan fingerprint density at radius 2 is 0.933 bits per heavy atom. The third-order valence-corrected chi connectivity index (χ3v) is 8.55. The predicted molar refractivity (Wildman–Crippen MR) is 161 cm³/mol. The number of nitrogens with zero attached hydrogens (tertiary/aromatic N) is 4. The summed E-state index contributed by atoms with van der Waals surface area (Å²) < 4.78 is 70.8. The molecule has 0 spiro atoms. The van der Waals surface area contributed by atoms with Crippen molar-refractivity contribution in [2.45, 2.75) is 9.79 Å². The summed E-state index contributed by atoms with van der Waals surface area (Å²) in [4.78, 5) is -0.855. The van der Waals surface area contributed by atoms with E-state index in [9.17, 15) is 25.9 Å². The number of fused-ring (bicyclic) bond motifs is 3. The zero-order valence-corrected chi connectivity index (χ0v) is 29.6. The van der Waals surface area contributed by atoms with Gasteiger partial charge in [-0.3, -0.25) is 0 Å². The van der Waals surface area contributed by atoms with Crippen LogP contribution in [0.25, 0.3) is 32.3 Å². The van der Waals surface area contributed by atoms with Gasteiger partial charge in [-0.2, -0.15) is 0 Å². The van der Waals surface area contributed by atoms with Gasteiger partial charge in [-0.05, 0) is 48.5 Å². The fourth-order valence-corrected chi connectivity index (χ4v) is 5.99. The molecule has 0 aliphatic rings. The summed E-state index contributed by atoms with van der Waals surface area (Å²) in [6.07, 6.45) is 0. The van der Waals surface area contributed by atoms with Gasteiger partial charge in [-0.25, -0.2) is 16.8 Å². The van der Waals surface area contributed by atoms with Gasteiger partial charge >= 0.3 is 59.1 Å². The number of nitrogen functional groups attached to an aromatic ring is 1. The molecule has 0 amide bonds. The molecule has 0 saturated heterocycles. The number of azo groups is 2. The maximum atomic E-state index is 11.8. The molecule has 0 saturated carbocycles. The summed E-state index contributed by atoms with van der Waals surface area (Å²) in [6.45, 7) is 0. The molecule has 0 aromatic heterocycles. The summed E-state index contributed by atoms with van der Waals surface area (Å²) in [7, 11) is -9.54. The van der Waals surface area contributed by atoms with Crippen molar-refractivity contribution in [3.63, 3.8) is 0 Å². The first-order valence-electron chi connectivity index (χ1n) is 12.6. The fraction of sp³-hybridized carbons (Fsp3) is 0. The molecule has 214 valence electrons. The molecule has 0 fully saturated rings. The van der Waals surface area contributed by atoms with Crippen LogP contribution >= 0.6 is 0 Å². The number of hydrogen-bond acceptors (Lipinski definition) is 11. The van der Waals surface area contributed by atoms with E-state index < -0.39 is 25.1 Å². The van der Waals surface area contributed by atoms with Crippen molar-refractivity contribution in [2.24, 2.45) is 20.5 Å². The van der Waals surface area contributed by atoms with Crippen LogP contribution in [0.1, 0.15) is 0 Å². The first-order chi connectivity index (χ1) is 20.5. The number of hydrogen-bond donors (Lipinski definition) is 1. The molecular weight excluding hydrogens is 636 g/mol. The van der Waals surface area contributed by atoms with Gasteiger partial charge in [0.05, 0.1) is 32.5 Å². The summed E-state index contributed by atoms with van der Waals surface area (Å²) in [6, 6.07) is 26.8. The monoisotopic (exact) mass is 655 g/mol. The van der Waals surface area contributed by atoms with Gasteiger partial charge in [0.15, 0.2) is 0 Å². The third-order valence-electron chi connectivity index (χ3n) is 6.82. The van der Waals surface area contributed by atoms with Crippen molar-refractivity contribution in [1.29, 1.82) is 0 Å². The van der Waals surface area contributed by atoms with Crippen LogP contribution in [0, 0.1) is 0 Å². The van der Waals surface area contributed by atoms with E-state index in [0.717, 1.165) is 10.8 Å². The summed E-state index contributed by atoms with van der Waals surface area (Å²) in [5, 5.41) is 20.3. The van der Waals surface area contributed by atoms with E-state index in [0.29, 0.717) is 27.8 Å². The molecule has 0 atom stereocenters. The molecule has 11 nitrogen and oxygen atoms in total. The maximum absolute atomic E-state index is 11.8. The Bertz CT molecular complexity index is 2390. The second-order valence-electron chi connectivity index (χ2n) is 9.47. The average molecular weight is 656 g/mol. The van der Waals surface area contributed by atoms with Crippen LogP contribution < -0.4 is 64.8 Å². The molecule has 6 aromatic rings. The second-order valence-corrected chi connectivity index (χ2v) is 12.2. The van der Waals surface area contributed by atoms with E-state index in [4.69, 9.17) is 5.73 Å². The molecular formula is C30H19N5Na2O6S2. The Morgan fingerprint density at radius 1 is 0.467 bits per heavy atom. The van der Waals surface area contributed by atoms with E-state index in [1.165, 1.54) is 42.5 Å². The third kappa shape index (κ3) is 7.18. The molecule has 0 bridgehead atoms. The van der Waals surface area contributed by atoms with E-state index in [1.807, 2.05) is 24.3 Å². The van der Waals surface area contributed by atoms with E-state index in [-0.39, 0.29) is 86.2 Å². The number of nitrogens with two attached hydrogens (primary N) is 1. The quantitative estimate of drug-likeness (QED) is 0.121. The summed E-state index contributed by atoms with van der Waals surface area (Å²) >= 11 is 0. The van der Waals surface area contributed by atoms with Crippen molar-refractivity contribution >= 4 is 81.0 Å². The molecule has 6 rings (SSSR count). The molecule has 0 aliphatic heterocycles. The van der Waals surface area contributed by atoms with Gasteiger partial charge in [0.25, 0.3) is 0 Å². The van der Waals surface area contributed by atoms with Crippen LogP contribution in [0.4, 0.5) is 28.4 Å². The Kier molecular flexibility index (Phi) is 10.6. The van der Waals surface area contributed by atoms with Crippen LogP contribution in [0.5, 0.6) is 0 Å². The van der Waals surface area contributed by atoms with Gasteiger partial charge in [0.2, 0.25) is 0 Å². The van der Waals surface area contributed by atoms with Gasteiger partial charge in [0.1, 0.15) is 20.2 Å². The fourth-order valence-electron chi connectivity index (χ4n) is 4.80. The van der Waals surface area contributed by atoms with Crippen molar-refractivity contribution in [1.82, 2.24) is 0 Å². The summed E-state index contributed by atoms with van der Waals surface area (Å²) in [5.74, 6) is 0. The van der Waals surface area contributed by atoms with E-state index in [2.05, 4.69) is 20.5 Å². The van der Waals surface area contributed by atoms with Crippen LogP contribution in [0.2, 0.25) is 0 Å². The number of benzene rings is 6. The van der Waals surface area contributed by atoms with Gasteiger partial charge in [-0.15, -0.1) is 20.5 Å². The first-order valence-corrected chi connectivity index (χ1v) is 15.4. The molecule has 0 heterocycles. The van der Waals surface area contributed by atoms with Gasteiger partial charge < -0.3 is 14.8 Å². The zero-order valence-electron chi connectivity index (χ0n) is 23.9. The Balaban J connectivity index is 0.00000230. The Morgan fingerprint density at radius 3 is 1.56 bits per heavy atom. The molecule has 0 radical (unpaired) electrons. The standard InChI is InChI=1S/C30H21N5O6S2.2Na/c31-25-13-14-27(20-6-2-1-5-19(20)25)33-34-28-15-16-29(24-17-18(42(36,37)38)11-12-22(24)28)35-32-26-9-3-8-23-21(26)7-4-10-30(23)43(39,40)41;;/h1-17H,31H2,(H,36,37,38)(H,39,40,41);;/q;2*+1/p-2. The molecule has 2 N–H and O–H groups in total. The SMILES string of the molecule is Nc1ccc(N=Nc2ccc(N=Nc3cccc4c(S(=O)(=O)[O-])cccc34)c3cc(S(=O)(=O)[O-])ccc23)c2ccccc12.[Na+].[Na+]. The largest absolute Gasteiger partial charge is 1.00 e. The van der Waals surface area contributed by atoms with E-state index in [1.54, 1.807) is 36.4 Å². The Labute approximate surface area is 302 Å². The second kappa shape index (κ2) is 13.7. The van der Waals surface area contributed by atoms with Crippen molar-refractivity contribution in [2.75, 3.05) is 5.73 Å².